The van der Waals surface area contributed by atoms with Gasteiger partial charge in [0.25, 0.3) is 0 Å². The maximum Gasteiger partial charge on any atom is 0.224 e. The van der Waals surface area contributed by atoms with Crippen molar-refractivity contribution in [2.75, 3.05) is 20.8 Å². The molecule has 1 amide bonds. The molecule has 3 rings (SSSR count). The van der Waals surface area contributed by atoms with Gasteiger partial charge in [0.2, 0.25) is 5.91 Å². The van der Waals surface area contributed by atoms with Gasteiger partial charge in [-0.15, -0.1) is 0 Å². The largest absolute Gasteiger partial charge is 0.508 e. The van der Waals surface area contributed by atoms with E-state index in [2.05, 4.69) is 58.2 Å². The number of aliphatic hydroxyl groups is 1. The van der Waals surface area contributed by atoms with Crippen LogP contribution in [0.2, 0.25) is 18.1 Å². The summed E-state index contributed by atoms with van der Waals surface area (Å²) >= 11 is 0. The second kappa shape index (κ2) is 15.8. The van der Waals surface area contributed by atoms with E-state index in [1.165, 1.54) is 0 Å². The second-order valence-electron chi connectivity index (χ2n) is 13.4. The quantitative estimate of drug-likeness (QED) is 0.134. The fraction of sp³-hybridized carbons (Fsp3) is 0.472. The summed E-state index contributed by atoms with van der Waals surface area (Å²) in [4.78, 5) is 12.6. The van der Waals surface area contributed by atoms with Crippen molar-refractivity contribution in [2.24, 2.45) is 5.73 Å². The minimum Gasteiger partial charge on any atom is -0.508 e. The number of benzene rings is 3. The summed E-state index contributed by atoms with van der Waals surface area (Å²) in [6.07, 6.45) is 1.75. The lowest BCUT2D eigenvalue weighted by Crippen LogP contribution is -2.44. The molecule has 0 saturated heterocycles. The molecule has 9 heteroatoms. The van der Waals surface area contributed by atoms with Crippen molar-refractivity contribution in [3.8, 4) is 17.2 Å². The molecule has 0 spiro atoms. The van der Waals surface area contributed by atoms with Crippen molar-refractivity contribution in [2.45, 2.75) is 89.8 Å². The lowest BCUT2D eigenvalue weighted by Gasteiger charge is -2.40. The lowest BCUT2D eigenvalue weighted by atomic mass is 9.90. The van der Waals surface area contributed by atoms with Gasteiger partial charge in [0.05, 0.1) is 32.8 Å². The van der Waals surface area contributed by atoms with Crippen LogP contribution in [0.3, 0.4) is 0 Å². The molecule has 0 aromatic heterocycles. The zero-order valence-corrected chi connectivity index (χ0v) is 29.1. The zero-order valence-electron chi connectivity index (χ0n) is 28.1. The molecule has 8 nitrogen and oxygen atoms in total. The Kier molecular flexibility index (Phi) is 12.6. The van der Waals surface area contributed by atoms with Crippen LogP contribution in [0.5, 0.6) is 17.2 Å². The normalized spacial score (nSPS) is 14.1. The minimum atomic E-state index is -2.13. The summed E-state index contributed by atoms with van der Waals surface area (Å²) in [5.41, 5.74) is 10.4. The predicted molar refractivity (Wildman–Crippen MR) is 182 cm³/mol. The third-order valence-electron chi connectivity index (χ3n) is 8.95. The van der Waals surface area contributed by atoms with Gasteiger partial charge in [0, 0.05) is 18.2 Å². The van der Waals surface area contributed by atoms with Gasteiger partial charge in [-0.1, -0.05) is 57.2 Å². The van der Waals surface area contributed by atoms with Crippen molar-refractivity contribution in [3.05, 3.63) is 88.5 Å². The van der Waals surface area contributed by atoms with Gasteiger partial charge in [-0.2, -0.15) is 0 Å². The molecule has 0 aliphatic rings. The summed E-state index contributed by atoms with van der Waals surface area (Å²) in [7, 11) is 1.08. The number of ether oxygens (including phenoxy) is 2. The Balaban J connectivity index is 1.72. The van der Waals surface area contributed by atoms with Crippen LogP contribution in [0.15, 0.2) is 60.7 Å². The van der Waals surface area contributed by atoms with Gasteiger partial charge in [0.15, 0.2) is 19.8 Å². The predicted octanol–water partition coefficient (Wildman–Crippen LogP) is 6.39. The Bertz CT molecular complexity index is 1420. The summed E-state index contributed by atoms with van der Waals surface area (Å²) < 4.78 is 17.6. The summed E-state index contributed by atoms with van der Waals surface area (Å²) in [6, 6.07) is 19.3. The van der Waals surface area contributed by atoms with Gasteiger partial charge < -0.3 is 35.2 Å². The average molecular weight is 637 g/mol. The first-order valence-electron chi connectivity index (χ1n) is 15.6. The van der Waals surface area contributed by atoms with Crippen molar-refractivity contribution in [1.29, 1.82) is 0 Å². The number of aliphatic hydroxyl groups excluding tert-OH is 1. The third-order valence-corrected chi connectivity index (χ3v) is 13.4. The third kappa shape index (κ3) is 9.81. The molecule has 0 bridgehead atoms. The molecule has 0 aliphatic carbocycles. The van der Waals surface area contributed by atoms with Gasteiger partial charge in [-0.3, -0.25) is 4.79 Å². The average Bonchev–Trinajstić information content (AvgIpc) is 2.99. The number of hydrogen-bond donors (Lipinski definition) is 4. The molecule has 0 saturated carbocycles. The highest BCUT2D eigenvalue weighted by Gasteiger charge is 2.39. The lowest BCUT2D eigenvalue weighted by molar-refractivity contribution is -0.119. The number of nitrogens with two attached hydrogens (primary N) is 1. The van der Waals surface area contributed by atoms with Crippen molar-refractivity contribution >= 4 is 14.2 Å². The van der Waals surface area contributed by atoms with Crippen LogP contribution in [0, 0.1) is 0 Å². The van der Waals surface area contributed by atoms with E-state index in [1.807, 2.05) is 42.5 Å². The fourth-order valence-electron chi connectivity index (χ4n) is 5.18. The number of carbonyl (C=O) groups is 1. The van der Waals surface area contributed by atoms with E-state index in [4.69, 9.17) is 19.6 Å². The van der Waals surface area contributed by atoms with Crippen LogP contribution in [0.4, 0.5) is 0 Å². The Morgan fingerprint density at radius 2 is 1.67 bits per heavy atom. The number of primary amides is 1. The molecule has 3 atom stereocenters. The fourth-order valence-corrected chi connectivity index (χ4v) is 6.47. The van der Waals surface area contributed by atoms with Gasteiger partial charge in [-0.25, -0.2) is 0 Å². The summed E-state index contributed by atoms with van der Waals surface area (Å²) in [6.45, 7) is 13.5. The Labute approximate surface area is 270 Å². The number of carbonyl (C=O) groups excluding carboxylic acids is 1. The van der Waals surface area contributed by atoms with E-state index in [-0.39, 0.29) is 35.4 Å². The Hall–Kier alpha value is -3.37. The second-order valence-corrected chi connectivity index (χ2v) is 18.1. The molecule has 5 N–H and O–H groups in total. The number of amides is 1. The number of rotatable bonds is 16. The number of hydrogen-bond acceptors (Lipinski definition) is 7. The number of aryl methyl sites for hydroxylation is 1. The van der Waals surface area contributed by atoms with E-state index in [0.29, 0.717) is 36.4 Å². The first-order chi connectivity index (χ1) is 21.2. The first kappa shape index (κ1) is 36.1. The molecule has 0 radical (unpaired) electrons. The van der Waals surface area contributed by atoms with E-state index in [9.17, 15) is 15.0 Å². The molecule has 0 fully saturated rings. The highest BCUT2D eigenvalue weighted by atomic mass is 28.4. The van der Waals surface area contributed by atoms with Crippen molar-refractivity contribution < 1.29 is 28.9 Å². The smallest absolute Gasteiger partial charge is 0.224 e. The van der Waals surface area contributed by atoms with Crippen molar-refractivity contribution in [3.63, 3.8) is 0 Å². The SMILES string of the molecule is COc1ccc(CCC(C(N)=O)c2cccc(C[C@@H](C)NC[C@H](O[Si](C)(C)C(C)(C)C)c3ccc(O)c(CO)c3)c2)cc1OC. The molecular formula is C36H52N2O6Si. The maximum absolute atomic E-state index is 12.6. The number of nitrogens with one attached hydrogen (secondary N) is 1. The summed E-state index contributed by atoms with van der Waals surface area (Å²) in [5.74, 6) is 0.635. The van der Waals surface area contributed by atoms with E-state index < -0.39 is 14.2 Å². The van der Waals surface area contributed by atoms with Crippen molar-refractivity contribution in [1.82, 2.24) is 5.32 Å². The molecule has 45 heavy (non-hydrogen) atoms. The first-order valence-corrected chi connectivity index (χ1v) is 18.5. The molecule has 1 unspecified atom stereocenters. The van der Waals surface area contributed by atoms with Crippen LogP contribution >= 0.6 is 0 Å². The molecular weight excluding hydrogens is 584 g/mol. The molecule has 0 aliphatic heterocycles. The molecule has 3 aromatic carbocycles. The number of aromatic hydroxyl groups is 1. The zero-order chi connectivity index (χ0) is 33.4. The number of methoxy groups -OCH3 is 2. The number of phenols is 1. The van der Waals surface area contributed by atoms with Gasteiger partial charge in [0.1, 0.15) is 5.75 Å². The Morgan fingerprint density at radius 1 is 0.956 bits per heavy atom. The van der Waals surface area contributed by atoms with Gasteiger partial charge in [-0.05, 0) is 90.8 Å². The molecule has 3 aromatic rings. The van der Waals surface area contributed by atoms with E-state index >= 15 is 0 Å². The van der Waals surface area contributed by atoms with Crippen LogP contribution in [0.1, 0.15) is 74.0 Å². The van der Waals surface area contributed by atoms with Crippen LogP contribution in [-0.2, 0) is 28.7 Å². The highest BCUT2D eigenvalue weighted by Crippen LogP contribution is 2.40. The minimum absolute atomic E-state index is 0.0183. The maximum atomic E-state index is 12.6. The summed E-state index contributed by atoms with van der Waals surface area (Å²) in [5, 5.41) is 23.6. The van der Waals surface area contributed by atoms with Gasteiger partial charge >= 0.3 is 0 Å². The van der Waals surface area contributed by atoms with Crippen LogP contribution in [-0.4, -0.2) is 51.2 Å². The topological polar surface area (TPSA) is 123 Å². The van der Waals surface area contributed by atoms with Crippen LogP contribution in [0.25, 0.3) is 0 Å². The van der Waals surface area contributed by atoms with Crippen LogP contribution < -0.4 is 20.5 Å². The highest BCUT2D eigenvalue weighted by molar-refractivity contribution is 6.74. The van der Waals surface area contributed by atoms with E-state index in [0.717, 1.165) is 28.7 Å². The monoisotopic (exact) mass is 636 g/mol. The molecule has 246 valence electrons. The molecule has 0 heterocycles. The van der Waals surface area contributed by atoms with E-state index in [1.54, 1.807) is 20.3 Å². The Morgan fingerprint density at radius 3 is 2.29 bits per heavy atom. The standard InChI is InChI=1S/C36H52N2O6Si/c1-24(38-22-34(44-45(7,8)36(2,3)4)28-14-16-31(40)29(21-28)23-39)18-26-10-9-11-27(19-26)30(35(37)41)15-12-25-13-17-32(42-5)33(20-25)43-6/h9-11,13-14,16-17,19-21,24,30,34,38-40H,12,15,18,22-23H2,1-8H3,(H2,37,41)/t24-,30?,34+/m1/s1.